The van der Waals surface area contributed by atoms with Gasteiger partial charge in [0.2, 0.25) is 0 Å². The van der Waals surface area contributed by atoms with E-state index in [2.05, 4.69) is 10.3 Å². The molecule has 1 aliphatic rings. The van der Waals surface area contributed by atoms with Crippen LogP contribution in [0.2, 0.25) is 0 Å². The van der Waals surface area contributed by atoms with Gasteiger partial charge in [0.25, 0.3) is 5.91 Å². The highest BCUT2D eigenvalue weighted by atomic mass is 32.1. The zero-order valence-electron chi connectivity index (χ0n) is 12.7. The van der Waals surface area contributed by atoms with Crippen molar-refractivity contribution in [3.8, 4) is 11.5 Å². The molecule has 1 aromatic carbocycles. The molecule has 0 saturated heterocycles. The Labute approximate surface area is 138 Å². The average molecular weight is 333 g/mol. The van der Waals surface area contributed by atoms with E-state index in [4.69, 9.17) is 15.2 Å². The van der Waals surface area contributed by atoms with Crippen molar-refractivity contribution in [2.45, 2.75) is 12.8 Å². The quantitative estimate of drug-likeness (QED) is 0.834. The topological polar surface area (TPSA) is 86.5 Å². The Kier molecular flexibility index (Phi) is 5.09. The molecule has 1 aliphatic heterocycles. The number of aromatic nitrogens is 1. The maximum absolute atomic E-state index is 12.0. The Hall–Kier alpha value is -2.12. The molecule has 1 amide bonds. The van der Waals surface area contributed by atoms with E-state index in [0.29, 0.717) is 38.4 Å². The van der Waals surface area contributed by atoms with Crippen molar-refractivity contribution in [2.24, 2.45) is 5.73 Å². The number of hydrogen-bond acceptors (Lipinski definition) is 6. The fourth-order valence-corrected chi connectivity index (χ4v) is 3.10. The lowest BCUT2D eigenvalue weighted by molar-refractivity contribution is 0.0949. The van der Waals surface area contributed by atoms with E-state index in [9.17, 15) is 4.79 Å². The number of benzene rings is 1. The summed E-state index contributed by atoms with van der Waals surface area (Å²) in [6, 6.07) is 5.86. The standard InChI is InChI=1S/C16H19N3O3S/c17-5-3-15-19-12(10-23-15)16(20)18-6-4-11-1-2-13-14(9-11)22-8-7-21-13/h1-2,9-10H,3-8,17H2,(H,18,20). The van der Waals surface area contributed by atoms with Crippen molar-refractivity contribution in [1.82, 2.24) is 10.3 Å². The first kappa shape index (κ1) is 15.8. The predicted molar refractivity (Wildman–Crippen MR) is 88.3 cm³/mol. The third-order valence-corrected chi connectivity index (χ3v) is 4.36. The molecule has 0 bridgehead atoms. The first-order valence-corrected chi connectivity index (χ1v) is 8.45. The van der Waals surface area contributed by atoms with Crippen molar-refractivity contribution in [1.29, 1.82) is 0 Å². The fraction of sp³-hybridized carbons (Fsp3) is 0.375. The fourth-order valence-electron chi connectivity index (χ4n) is 2.31. The van der Waals surface area contributed by atoms with Crippen LogP contribution in [0.3, 0.4) is 0 Å². The van der Waals surface area contributed by atoms with Gasteiger partial charge in [-0.15, -0.1) is 11.3 Å². The largest absolute Gasteiger partial charge is 0.486 e. The lowest BCUT2D eigenvalue weighted by Crippen LogP contribution is -2.26. The number of nitrogens with zero attached hydrogens (tertiary/aromatic N) is 1. The molecule has 1 aromatic heterocycles. The SMILES string of the molecule is NCCc1nc(C(=O)NCCc2ccc3c(c2)OCCO3)cs1. The summed E-state index contributed by atoms with van der Waals surface area (Å²) in [6.07, 6.45) is 1.43. The van der Waals surface area contributed by atoms with Gasteiger partial charge in [-0.2, -0.15) is 0 Å². The summed E-state index contributed by atoms with van der Waals surface area (Å²) in [6.45, 7) is 2.24. The summed E-state index contributed by atoms with van der Waals surface area (Å²) < 4.78 is 11.0. The molecular formula is C16H19N3O3S. The molecule has 7 heteroatoms. The number of nitrogens with one attached hydrogen (secondary N) is 1. The number of nitrogens with two attached hydrogens (primary N) is 1. The molecule has 0 atom stereocenters. The number of fused-ring (bicyclic) bond motifs is 1. The van der Waals surface area contributed by atoms with Crippen LogP contribution in [0.1, 0.15) is 21.1 Å². The van der Waals surface area contributed by atoms with Gasteiger partial charge < -0.3 is 20.5 Å². The van der Waals surface area contributed by atoms with Crippen molar-refractivity contribution in [3.05, 3.63) is 39.8 Å². The average Bonchev–Trinajstić information content (AvgIpc) is 3.04. The number of amides is 1. The number of rotatable bonds is 6. The van der Waals surface area contributed by atoms with Gasteiger partial charge in [0.05, 0.1) is 5.01 Å². The minimum absolute atomic E-state index is 0.151. The summed E-state index contributed by atoms with van der Waals surface area (Å²) in [5.74, 6) is 1.40. The number of ether oxygens (including phenoxy) is 2. The molecule has 23 heavy (non-hydrogen) atoms. The third kappa shape index (κ3) is 4.00. The molecule has 0 saturated carbocycles. The van der Waals surface area contributed by atoms with E-state index in [-0.39, 0.29) is 5.91 Å². The van der Waals surface area contributed by atoms with Crippen LogP contribution in [-0.2, 0) is 12.8 Å². The Morgan fingerprint density at radius 1 is 1.26 bits per heavy atom. The van der Waals surface area contributed by atoms with Gasteiger partial charge in [0.15, 0.2) is 11.5 Å². The number of carbonyl (C=O) groups excluding carboxylic acids is 1. The van der Waals surface area contributed by atoms with E-state index in [1.54, 1.807) is 5.38 Å². The van der Waals surface area contributed by atoms with Crippen LogP contribution >= 0.6 is 11.3 Å². The molecular weight excluding hydrogens is 314 g/mol. The van der Waals surface area contributed by atoms with Gasteiger partial charge in [-0.25, -0.2) is 4.98 Å². The lowest BCUT2D eigenvalue weighted by Gasteiger charge is -2.18. The van der Waals surface area contributed by atoms with E-state index in [1.807, 2.05) is 18.2 Å². The summed E-state index contributed by atoms with van der Waals surface area (Å²) in [4.78, 5) is 16.3. The number of hydrogen-bond donors (Lipinski definition) is 2. The number of carbonyl (C=O) groups is 1. The van der Waals surface area contributed by atoms with Crippen LogP contribution in [0.5, 0.6) is 11.5 Å². The second-order valence-electron chi connectivity index (χ2n) is 5.15. The van der Waals surface area contributed by atoms with Crippen LogP contribution < -0.4 is 20.5 Å². The highest BCUT2D eigenvalue weighted by Crippen LogP contribution is 2.30. The minimum Gasteiger partial charge on any atom is -0.486 e. The maximum atomic E-state index is 12.0. The molecule has 0 radical (unpaired) electrons. The molecule has 2 heterocycles. The van der Waals surface area contributed by atoms with Crippen LogP contribution in [0.15, 0.2) is 23.6 Å². The van der Waals surface area contributed by atoms with Crippen molar-refractivity contribution < 1.29 is 14.3 Å². The zero-order valence-corrected chi connectivity index (χ0v) is 13.5. The van der Waals surface area contributed by atoms with Gasteiger partial charge in [-0.1, -0.05) is 6.07 Å². The van der Waals surface area contributed by atoms with E-state index < -0.39 is 0 Å². The molecule has 3 rings (SSSR count). The third-order valence-electron chi connectivity index (χ3n) is 3.45. The smallest absolute Gasteiger partial charge is 0.270 e. The summed E-state index contributed by atoms with van der Waals surface area (Å²) >= 11 is 1.47. The monoisotopic (exact) mass is 333 g/mol. The first-order chi connectivity index (χ1) is 11.3. The maximum Gasteiger partial charge on any atom is 0.270 e. The second kappa shape index (κ2) is 7.43. The van der Waals surface area contributed by atoms with E-state index in [0.717, 1.165) is 28.5 Å². The van der Waals surface area contributed by atoms with Gasteiger partial charge >= 0.3 is 0 Å². The Morgan fingerprint density at radius 2 is 2.09 bits per heavy atom. The van der Waals surface area contributed by atoms with Crippen LogP contribution in [0, 0.1) is 0 Å². The molecule has 0 spiro atoms. The first-order valence-electron chi connectivity index (χ1n) is 7.57. The number of thiazole rings is 1. The van der Waals surface area contributed by atoms with E-state index >= 15 is 0 Å². The molecule has 122 valence electrons. The minimum atomic E-state index is -0.151. The van der Waals surface area contributed by atoms with Gasteiger partial charge in [0, 0.05) is 18.3 Å². The molecule has 3 N–H and O–H groups in total. The van der Waals surface area contributed by atoms with Crippen LogP contribution in [0.4, 0.5) is 0 Å². The molecule has 0 aliphatic carbocycles. The Morgan fingerprint density at radius 3 is 2.91 bits per heavy atom. The van der Waals surface area contributed by atoms with Crippen molar-refractivity contribution in [2.75, 3.05) is 26.3 Å². The van der Waals surface area contributed by atoms with Crippen molar-refractivity contribution >= 4 is 17.2 Å². The van der Waals surface area contributed by atoms with Gasteiger partial charge in [-0.3, -0.25) is 4.79 Å². The van der Waals surface area contributed by atoms with E-state index in [1.165, 1.54) is 11.3 Å². The Balaban J connectivity index is 1.51. The molecule has 2 aromatic rings. The molecule has 0 fully saturated rings. The zero-order chi connectivity index (χ0) is 16.1. The molecule has 0 unspecified atom stereocenters. The lowest BCUT2D eigenvalue weighted by atomic mass is 10.1. The predicted octanol–water partition coefficient (Wildman–Crippen LogP) is 1.39. The summed E-state index contributed by atoms with van der Waals surface area (Å²) in [5, 5.41) is 5.55. The highest BCUT2D eigenvalue weighted by molar-refractivity contribution is 7.09. The van der Waals surface area contributed by atoms with Gasteiger partial charge in [-0.05, 0) is 30.7 Å². The summed E-state index contributed by atoms with van der Waals surface area (Å²) in [7, 11) is 0. The van der Waals surface area contributed by atoms with Crippen LogP contribution in [-0.4, -0.2) is 37.2 Å². The Bertz CT molecular complexity index is 687. The highest BCUT2D eigenvalue weighted by Gasteiger charge is 2.13. The van der Waals surface area contributed by atoms with Crippen molar-refractivity contribution in [3.63, 3.8) is 0 Å². The second-order valence-corrected chi connectivity index (χ2v) is 6.09. The molecule has 6 nitrogen and oxygen atoms in total. The normalized spacial score (nSPS) is 12.9. The van der Waals surface area contributed by atoms with Gasteiger partial charge in [0.1, 0.15) is 18.9 Å². The van der Waals surface area contributed by atoms with Crippen LogP contribution in [0.25, 0.3) is 0 Å². The summed E-state index contributed by atoms with van der Waals surface area (Å²) in [5.41, 5.74) is 7.04.